The molecule has 3 heteroatoms. The molecular weight excluding hydrogens is 286 g/mol. The Balaban J connectivity index is 1.70. The summed E-state index contributed by atoms with van der Waals surface area (Å²) in [5, 5.41) is 4.55. The molecule has 3 rings (SSSR count). The van der Waals surface area contributed by atoms with Crippen molar-refractivity contribution in [3.8, 4) is 0 Å². The van der Waals surface area contributed by atoms with Crippen LogP contribution < -0.4 is 5.32 Å². The number of hydrogen-bond acceptors (Lipinski definition) is 2. The van der Waals surface area contributed by atoms with E-state index in [0.717, 1.165) is 17.5 Å². The molecule has 0 aliphatic heterocycles. The van der Waals surface area contributed by atoms with Gasteiger partial charge in [0.05, 0.1) is 0 Å². The lowest BCUT2D eigenvalue weighted by molar-refractivity contribution is 0.482. The molecule has 1 aromatic heterocycles. The van der Waals surface area contributed by atoms with Crippen LogP contribution in [0.2, 0.25) is 5.02 Å². The second-order valence-electron chi connectivity index (χ2n) is 5.70. The summed E-state index contributed by atoms with van der Waals surface area (Å²) in [4.78, 5) is 2.86. The highest BCUT2D eigenvalue weighted by atomic mass is 35.5. The van der Waals surface area contributed by atoms with Crippen LogP contribution in [0, 0.1) is 19.8 Å². The zero-order chi connectivity index (χ0) is 14.1. The van der Waals surface area contributed by atoms with Crippen molar-refractivity contribution in [3.63, 3.8) is 0 Å². The lowest BCUT2D eigenvalue weighted by atomic mass is 10.0. The summed E-state index contributed by atoms with van der Waals surface area (Å²) >= 11 is 7.89. The highest BCUT2D eigenvalue weighted by Gasteiger charge is 2.31. The third-order valence-corrected chi connectivity index (χ3v) is 5.44. The van der Waals surface area contributed by atoms with Gasteiger partial charge in [0, 0.05) is 27.4 Å². The highest BCUT2D eigenvalue weighted by Crippen LogP contribution is 2.41. The fourth-order valence-electron chi connectivity index (χ4n) is 2.60. The smallest absolute Gasteiger partial charge is 0.0406 e. The minimum absolute atomic E-state index is 0.468. The predicted octanol–water partition coefficient (Wildman–Crippen LogP) is 5.26. The monoisotopic (exact) mass is 305 g/mol. The average molecular weight is 306 g/mol. The van der Waals surface area contributed by atoms with Gasteiger partial charge in [0.2, 0.25) is 0 Å². The van der Waals surface area contributed by atoms with Crippen molar-refractivity contribution in [2.75, 3.05) is 0 Å². The Labute approximate surface area is 130 Å². The summed E-state index contributed by atoms with van der Waals surface area (Å²) in [5.74, 6) is 0.790. The van der Waals surface area contributed by atoms with E-state index in [1.54, 1.807) is 0 Å². The maximum Gasteiger partial charge on any atom is 0.0406 e. The molecule has 106 valence electrons. The van der Waals surface area contributed by atoms with Crippen LogP contribution in [-0.4, -0.2) is 0 Å². The van der Waals surface area contributed by atoms with Gasteiger partial charge in [0.15, 0.2) is 0 Å². The van der Waals surface area contributed by atoms with Crippen LogP contribution in [0.25, 0.3) is 0 Å². The van der Waals surface area contributed by atoms with E-state index < -0.39 is 0 Å². The number of nitrogens with one attached hydrogen (secondary N) is 1. The number of hydrogen-bond donors (Lipinski definition) is 1. The van der Waals surface area contributed by atoms with Crippen LogP contribution in [0.1, 0.15) is 39.8 Å². The molecule has 0 saturated heterocycles. The Hall–Kier alpha value is -0.830. The quantitative estimate of drug-likeness (QED) is 0.794. The van der Waals surface area contributed by atoms with E-state index in [0.29, 0.717) is 6.04 Å². The maximum atomic E-state index is 5.99. The molecule has 1 aliphatic carbocycles. The summed E-state index contributed by atoms with van der Waals surface area (Å²) in [6.45, 7) is 5.34. The Morgan fingerprint density at radius 2 is 1.95 bits per heavy atom. The van der Waals surface area contributed by atoms with Gasteiger partial charge in [-0.05, 0) is 61.9 Å². The molecule has 1 fully saturated rings. The Kier molecular flexibility index (Phi) is 4.16. The van der Waals surface area contributed by atoms with Gasteiger partial charge in [0.25, 0.3) is 0 Å². The zero-order valence-corrected chi connectivity index (χ0v) is 13.5. The van der Waals surface area contributed by atoms with Crippen molar-refractivity contribution < 1.29 is 0 Å². The number of halogens is 1. The first-order chi connectivity index (χ1) is 9.63. The normalized spacial score (nSPS) is 16.4. The van der Waals surface area contributed by atoms with E-state index in [1.165, 1.54) is 33.7 Å². The summed E-state index contributed by atoms with van der Waals surface area (Å²) in [7, 11) is 0. The van der Waals surface area contributed by atoms with Gasteiger partial charge in [-0.2, -0.15) is 0 Å². The minimum Gasteiger partial charge on any atom is -0.305 e. The molecule has 1 heterocycles. The molecule has 2 aromatic rings. The molecule has 1 aliphatic rings. The number of thiophene rings is 1. The van der Waals surface area contributed by atoms with Crippen molar-refractivity contribution in [2.45, 2.75) is 39.3 Å². The van der Waals surface area contributed by atoms with Crippen LogP contribution in [0.4, 0.5) is 0 Å². The number of benzene rings is 1. The first-order valence-electron chi connectivity index (χ1n) is 7.18. The van der Waals surface area contributed by atoms with Gasteiger partial charge >= 0.3 is 0 Å². The van der Waals surface area contributed by atoms with Gasteiger partial charge in [-0.3, -0.25) is 0 Å². The van der Waals surface area contributed by atoms with Crippen LogP contribution in [-0.2, 0) is 6.54 Å². The second-order valence-corrected chi connectivity index (χ2v) is 7.48. The van der Waals surface area contributed by atoms with Gasteiger partial charge in [-0.15, -0.1) is 11.3 Å². The number of aryl methyl sites for hydroxylation is 2. The van der Waals surface area contributed by atoms with E-state index in [9.17, 15) is 0 Å². The number of rotatable bonds is 5. The van der Waals surface area contributed by atoms with E-state index in [-0.39, 0.29) is 0 Å². The molecule has 1 unspecified atom stereocenters. The molecule has 0 amide bonds. The van der Waals surface area contributed by atoms with Crippen LogP contribution in [0.5, 0.6) is 0 Å². The summed E-state index contributed by atoms with van der Waals surface area (Å²) in [6.07, 6.45) is 2.67. The standard InChI is InChI=1S/C17H20ClNS/c1-11-9-16(20-12(11)2)10-19-17(13-3-4-13)14-5-7-15(18)8-6-14/h5-9,13,17,19H,3-4,10H2,1-2H3. The lowest BCUT2D eigenvalue weighted by Crippen LogP contribution is -2.22. The van der Waals surface area contributed by atoms with Crippen molar-refractivity contribution in [3.05, 3.63) is 56.2 Å². The lowest BCUT2D eigenvalue weighted by Gasteiger charge is -2.18. The van der Waals surface area contributed by atoms with Gasteiger partial charge in [-0.1, -0.05) is 23.7 Å². The van der Waals surface area contributed by atoms with Crippen LogP contribution >= 0.6 is 22.9 Å². The van der Waals surface area contributed by atoms with E-state index >= 15 is 0 Å². The topological polar surface area (TPSA) is 12.0 Å². The maximum absolute atomic E-state index is 5.99. The molecule has 20 heavy (non-hydrogen) atoms. The van der Waals surface area contributed by atoms with E-state index in [2.05, 4.69) is 37.4 Å². The zero-order valence-electron chi connectivity index (χ0n) is 11.9. The average Bonchev–Trinajstić information content (AvgIpc) is 3.20. The molecular formula is C17H20ClNS. The highest BCUT2D eigenvalue weighted by molar-refractivity contribution is 7.12. The molecule has 1 N–H and O–H groups in total. The third-order valence-electron chi connectivity index (χ3n) is 4.04. The fourth-order valence-corrected chi connectivity index (χ4v) is 3.73. The predicted molar refractivity (Wildman–Crippen MR) is 87.5 cm³/mol. The molecule has 0 spiro atoms. The Bertz CT molecular complexity index is 564. The third kappa shape index (κ3) is 3.25. The SMILES string of the molecule is Cc1cc(CNC(c2ccc(Cl)cc2)C2CC2)sc1C. The molecule has 0 radical (unpaired) electrons. The summed E-state index contributed by atoms with van der Waals surface area (Å²) < 4.78 is 0. The molecule has 1 aromatic carbocycles. The molecule has 1 atom stereocenters. The van der Waals surface area contributed by atoms with Gasteiger partial charge < -0.3 is 5.32 Å². The van der Waals surface area contributed by atoms with E-state index in [4.69, 9.17) is 11.6 Å². The summed E-state index contributed by atoms with van der Waals surface area (Å²) in [6, 6.07) is 11.1. The first-order valence-corrected chi connectivity index (χ1v) is 8.37. The van der Waals surface area contributed by atoms with Crippen LogP contribution in [0.15, 0.2) is 30.3 Å². The fraction of sp³-hybridized carbons (Fsp3) is 0.412. The van der Waals surface area contributed by atoms with E-state index in [1.807, 2.05) is 23.5 Å². The van der Waals surface area contributed by atoms with Crippen molar-refractivity contribution in [2.24, 2.45) is 5.92 Å². The van der Waals surface area contributed by atoms with Crippen LogP contribution in [0.3, 0.4) is 0 Å². The molecule has 0 bridgehead atoms. The minimum atomic E-state index is 0.468. The Morgan fingerprint density at radius 3 is 2.50 bits per heavy atom. The van der Waals surface area contributed by atoms with Crippen molar-refractivity contribution >= 4 is 22.9 Å². The largest absolute Gasteiger partial charge is 0.305 e. The second kappa shape index (κ2) is 5.88. The molecule has 1 saturated carbocycles. The van der Waals surface area contributed by atoms with Crippen molar-refractivity contribution in [1.29, 1.82) is 0 Å². The Morgan fingerprint density at radius 1 is 1.25 bits per heavy atom. The summed E-state index contributed by atoms with van der Waals surface area (Å²) in [5.41, 5.74) is 2.77. The molecule has 1 nitrogen and oxygen atoms in total. The van der Waals surface area contributed by atoms with Crippen molar-refractivity contribution in [1.82, 2.24) is 5.32 Å². The van der Waals surface area contributed by atoms with Gasteiger partial charge in [-0.25, -0.2) is 0 Å². The first kappa shape index (κ1) is 14.1. The van der Waals surface area contributed by atoms with Gasteiger partial charge in [0.1, 0.15) is 0 Å².